The van der Waals surface area contributed by atoms with Crippen molar-refractivity contribution in [2.45, 2.75) is 32.6 Å². The Hall–Kier alpha value is 1.08. The normalized spacial score (nSPS) is 16.2. The lowest BCUT2D eigenvalue weighted by Crippen LogP contribution is -1.64. The van der Waals surface area contributed by atoms with Gasteiger partial charge in [-0.15, -0.1) is 0 Å². The summed E-state index contributed by atoms with van der Waals surface area (Å²) in [7, 11) is 0. The largest absolute Gasteiger partial charge is 0.162 e. The number of hydrogen-bond acceptors (Lipinski definition) is 1. The highest BCUT2D eigenvalue weighted by atomic mass is 127. The molecule has 0 aromatic rings. The van der Waals surface area contributed by atoms with Crippen LogP contribution in [0.25, 0.3) is 0 Å². The summed E-state index contributed by atoms with van der Waals surface area (Å²) in [5, 5.41) is 0. The summed E-state index contributed by atoms with van der Waals surface area (Å²) < 4.78 is 1.31. The standard InChI is InChI=1S/C4H9I.C4H8S/c1-2-3-4-5;1-2-4-5-3-1/h2-4H2,1H3;1-4H2. The van der Waals surface area contributed by atoms with E-state index >= 15 is 0 Å². The lowest BCUT2D eigenvalue weighted by atomic mass is 10.4. The molecule has 1 fully saturated rings. The summed E-state index contributed by atoms with van der Waals surface area (Å²) in [4.78, 5) is 0. The molecule has 0 amide bonds. The topological polar surface area (TPSA) is 0 Å². The maximum Gasteiger partial charge on any atom is -0.000483 e. The van der Waals surface area contributed by atoms with E-state index in [2.05, 4.69) is 41.3 Å². The zero-order chi connectivity index (χ0) is 7.66. The van der Waals surface area contributed by atoms with E-state index in [4.69, 9.17) is 0 Å². The van der Waals surface area contributed by atoms with Gasteiger partial charge < -0.3 is 0 Å². The van der Waals surface area contributed by atoms with Crippen molar-refractivity contribution in [3.63, 3.8) is 0 Å². The molecular formula is C8H17IS. The number of rotatable bonds is 2. The third-order valence-electron chi connectivity index (χ3n) is 1.31. The minimum Gasteiger partial charge on any atom is -0.162 e. The molecule has 1 heterocycles. The maximum atomic E-state index is 2.39. The first-order valence-corrected chi connectivity index (χ1v) is 6.73. The summed E-state index contributed by atoms with van der Waals surface area (Å²) in [5.41, 5.74) is 0. The first kappa shape index (κ1) is 11.1. The predicted molar refractivity (Wildman–Crippen MR) is 60.4 cm³/mol. The Kier molecular flexibility index (Phi) is 11.2. The third-order valence-corrected chi connectivity index (χ3v) is 3.23. The average Bonchev–Trinajstić information content (AvgIpc) is 2.44. The molecule has 1 rings (SSSR count). The van der Waals surface area contributed by atoms with Gasteiger partial charge in [-0.25, -0.2) is 0 Å². The fourth-order valence-corrected chi connectivity index (χ4v) is 2.43. The van der Waals surface area contributed by atoms with E-state index in [1.165, 1.54) is 41.6 Å². The number of hydrogen-bond donors (Lipinski definition) is 0. The Morgan fingerprint density at radius 2 is 1.90 bits per heavy atom. The first-order chi connectivity index (χ1) is 4.91. The van der Waals surface area contributed by atoms with E-state index in [1.54, 1.807) is 0 Å². The second kappa shape index (κ2) is 10.1. The highest BCUT2D eigenvalue weighted by Crippen LogP contribution is 2.14. The smallest absolute Gasteiger partial charge is 0.000483 e. The summed E-state index contributed by atoms with van der Waals surface area (Å²) >= 11 is 4.46. The molecule has 0 atom stereocenters. The molecule has 0 nitrogen and oxygen atoms in total. The van der Waals surface area contributed by atoms with Gasteiger partial charge in [0.2, 0.25) is 0 Å². The number of thioether (sulfide) groups is 1. The Morgan fingerprint density at radius 3 is 2.00 bits per heavy atom. The van der Waals surface area contributed by atoms with Crippen molar-refractivity contribution in [1.29, 1.82) is 0 Å². The first-order valence-electron chi connectivity index (χ1n) is 4.05. The van der Waals surface area contributed by atoms with Crippen LogP contribution < -0.4 is 0 Å². The molecule has 1 saturated heterocycles. The second-order valence-corrected chi connectivity index (χ2v) is 4.67. The summed E-state index contributed by atoms with van der Waals surface area (Å²) in [6.07, 6.45) is 5.64. The molecule has 10 heavy (non-hydrogen) atoms. The van der Waals surface area contributed by atoms with Gasteiger partial charge in [0.05, 0.1) is 0 Å². The Morgan fingerprint density at radius 1 is 1.30 bits per heavy atom. The molecule has 0 aromatic carbocycles. The minimum absolute atomic E-state index is 1.31. The molecule has 1 aliphatic heterocycles. The van der Waals surface area contributed by atoms with Gasteiger partial charge in [-0.3, -0.25) is 0 Å². The van der Waals surface area contributed by atoms with Gasteiger partial charge in [0.15, 0.2) is 0 Å². The van der Waals surface area contributed by atoms with Gasteiger partial charge >= 0.3 is 0 Å². The third kappa shape index (κ3) is 9.08. The fraction of sp³-hybridized carbons (Fsp3) is 1.00. The van der Waals surface area contributed by atoms with Crippen LogP contribution in [0.2, 0.25) is 0 Å². The van der Waals surface area contributed by atoms with Crippen LogP contribution >= 0.6 is 34.4 Å². The number of unbranched alkanes of at least 4 members (excludes halogenated alkanes) is 1. The van der Waals surface area contributed by atoms with Crippen LogP contribution in [0.3, 0.4) is 0 Å². The van der Waals surface area contributed by atoms with Crippen molar-refractivity contribution in [2.75, 3.05) is 15.9 Å². The quantitative estimate of drug-likeness (QED) is 0.545. The SMILES string of the molecule is C1CCSC1.CCCCI. The van der Waals surface area contributed by atoms with Gasteiger partial charge in [0.1, 0.15) is 0 Å². The average molecular weight is 272 g/mol. The Balaban J connectivity index is 0.000000162. The summed E-state index contributed by atoms with van der Waals surface area (Å²) in [6.45, 7) is 2.21. The van der Waals surface area contributed by atoms with Crippen molar-refractivity contribution in [2.24, 2.45) is 0 Å². The molecule has 2 heteroatoms. The molecule has 0 aromatic heterocycles. The lowest BCUT2D eigenvalue weighted by Gasteiger charge is -1.77. The van der Waals surface area contributed by atoms with E-state index in [-0.39, 0.29) is 0 Å². The fourth-order valence-electron chi connectivity index (χ4n) is 0.644. The van der Waals surface area contributed by atoms with E-state index in [1.807, 2.05) is 0 Å². The molecule has 0 N–H and O–H groups in total. The Labute approximate surface area is 82.7 Å². The van der Waals surface area contributed by atoms with Crippen molar-refractivity contribution >= 4 is 34.4 Å². The summed E-state index contributed by atoms with van der Waals surface area (Å²) in [5.74, 6) is 2.83. The molecule has 0 saturated carbocycles. The molecule has 0 bridgehead atoms. The second-order valence-electron chi connectivity index (χ2n) is 2.36. The highest BCUT2D eigenvalue weighted by molar-refractivity contribution is 14.1. The zero-order valence-corrected chi connectivity index (χ0v) is 9.71. The van der Waals surface area contributed by atoms with Crippen LogP contribution in [0.1, 0.15) is 32.6 Å². The van der Waals surface area contributed by atoms with Crippen LogP contribution in [0.15, 0.2) is 0 Å². The van der Waals surface area contributed by atoms with Crippen molar-refractivity contribution in [3.05, 3.63) is 0 Å². The molecule has 0 unspecified atom stereocenters. The summed E-state index contributed by atoms with van der Waals surface area (Å²) in [6, 6.07) is 0. The van der Waals surface area contributed by atoms with Crippen molar-refractivity contribution in [3.8, 4) is 0 Å². The van der Waals surface area contributed by atoms with Crippen molar-refractivity contribution < 1.29 is 0 Å². The molecular weight excluding hydrogens is 255 g/mol. The van der Waals surface area contributed by atoms with E-state index in [0.717, 1.165) is 0 Å². The molecule has 62 valence electrons. The number of halogens is 1. The lowest BCUT2D eigenvalue weighted by molar-refractivity contribution is 0.907. The van der Waals surface area contributed by atoms with Crippen molar-refractivity contribution in [1.82, 2.24) is 0 Å². The van der Waals surface area contributed by atoms with Crippen LogP contribution in [-0.4, -0.2) is 15.9 Å². The Bertz CT molecular complexity index is 43.6. The monoisotopic (exact) mass is 272 g/mol. The van der Waals surface area contributed by atoms with Crippen LogP contribution in [-0.2, 0) is 0 Å². The van der Waals surface area contributed by atoms with Crippen LogP contribution in [0.4, 0.5) is 0 Å². The molecule has 0 spiro atoms. The van der Waals surface area contributed by atoms with Gasteiger partial charge in [0.25, 0.3) is 0 Å². The van der Waals surface area contributed by atoms with E-state index < -0.39 is 0 Å². The number of alkyl halides is 1. The zero-order valence-electron chi connectivity index (χ0n) is 6.74. The highest BCUT2D eigenvalue weighted by Gasteiger charge is 1.95. The van der Waals surface area contributed by atoms with Gasteiger partial charge in [-0.05, 0) is 35.2 Å². The van der Waals surface area contributed by atoms with E-state index in [0.29, 0.717) is 0 Å². The predicted octanol–water partition coefficient (Wildman–Crippen LogP) is 3.73. The molecule has 0 radical (unpaired) electrons. The van der Waals surface area contributed by atoms with Crippen LogP contribution in [0.5, 0.6) is 0 Å². The maximum absolute atomic E-state index is 2.39. The van der Waals surface area contributed by atoms with Gasteiger partial charge in [-0.1, -0.05) is 35.9 Å². The molecule has 0 aliphatic carbocycles. The van der Waals surface area contributed by atoms with E-state index in [9.17, 15) is 0 Å². The van der Waals surface area contributed by atoms with Crippen LogP contribution in [0, 0.1) is 0 Å². The van der Waals surface area contributed by atoms with Gasteiger partial charge in [-0.2, -0.15) is 11.8 Å². The molecule has 1 aliphatic rings. The minimum atomic E-state index is 1.31. The van der Waals surface area contributed by atoms with Gasteiger partial charge in [0, 0.05) is 0 Å².